The third-order valence-corrected chi connectivity index (χ3v) is 5.21. The van der Waals surface area contributed by atoms with Crippen LogP contribution < -0.4 is 5.32 Å². The maximum absolute atomic E-state index is 12.6. The van der Waals surface area contributed by atoms with Crippen LogP contribution in [-0.4, -0.2) is 31.7 Å². The molecule has 7 nitrogen and oxygen atoms in total. The van der Waals surface area contributed by atoms with Crippen molar-refractivity contribution in [3.8, 4) is 0 Å². The fourth-order valence-electron chi connectivity index (χ4n) is 3.53. The van der Waals surface area contributed by atoms with Crippen LogP contribution in [0.3, 0.4) is 0 Å². The molecule has 0 saturated carbocycles. The first-order chi connectivity index (χ1) is 15.4. The summed E-state index contributed by atoms with van der Waals surface area (Å²) in [5, 5.41) is 17.2. The van der Waals surface area contributed by atoms with Gasteiger partial charge in [0.05, 0.1) is 18.7 Å². The molecular formula is C25H22N4O3. The lowest BCUT2D eigenvalue weighted by Crippen LogP contribution is -2.12. The highest BCUT2D eigenvalue weighted by atomic mass is 16.4. The van der Waals surface area contributed by atoms with Crippen molar-refractivity contribution in [2.24, 2.45) is 0 Å². The number of carbonyl (C=O) groups is 2. The molecule has 0 saturated heterocycles. The standard InChI is InChI=1S/C25H22N4O3/c1-3-18-13-19(9-6-16(18)2)25(32)27-20-10-7-17(8-11-20)15-29-24-21(5-4-12-26-24)22(28-29)14-23(30)31/h3-13H,1,14-15H2,2H3,(H,27,32)(H,30,31). The van der Waals surface area contributed by atoms with Gasteiger partial charge in [-0.3, -0.25) is 9.59 Å². The van der Waals surface area contributed by atoms with Crippen LogP contribution >= 0.6 is 0 Å². The highest BCUT2D eigenvalue weighted by Crippen LogP contribution is 2.20. The number of aryl methyl sites for hydroxylation is 1. The SMILES string of the molecule is C=Cc1cc(C(=O)Nc2ccc(Cn3nc(CC(=O)O)c4cccnc43)cc2)ccc1C. The van der Waals surface area contributed by atoms with Gasteiger partial charge >= 0.3 is 5.97 Å². The van der Waals surface area contributed by atoms with Crippen molar-refractivity contribution in [1.82, 2.24) is 14.8 Å². The van der Waals surface area contributed by atoms with E-state index in [2.05, 4.69) is 22.0 Å². The number of rotatable bonds is 7. The number of aliphatic carboxylic acids is 1. The van der Waals surface area contributed by atoms with E-state index in [9.17, 15) is 9.59 Å². The van der Waals surface area contributed by atoms with E-state index < -0.39 is 5.97 Å². The minimum absolute atomic E-state index is 0.160. The molecule has 2 heterocycles. The molecule has 0 bridgehead atoms. The molecule has 0 spiro atoms. The second-order valence-electron chi connectivity index (χ2n) is 7.48. The van der Waals surface area contributed by atoms with Crippen LogP contribution in [0.4, 0.5) is 5.69 Å². The Morgan fingerprint density at radius 1 is 1.16 bits per heavy atom. The van der Waals surface area contributed by atoms with Crippen LogP contribution in [0.5, 0.6) is 0 Å². The molecule has 0 unspecified atom stereocenters. The van der Waals surface area contributed by atoms with Gasteiger partial charge in [0, 0.05) is 22.8 Å². The molecule has 0 aliphatic rings. The largest absolute Gasteiger partial charge is 0.481 e. The van der Waals surface area contributed by atoms with Gasteiger partial charge < -0.3 is 10.4 Å². The fourth-order valence-corrected chi connectivity index (χ4v) is 3.53. The number of carbonyl (C=O) groups excluding carboxylic acids is 1. The van der Waals surface area contributed by atoms with Crippen LogP contribution in [0.1, 0.15) is 32.7 Å². The second kappa shape index (κ2) is 8.85. The van der Waals surface area contributed by atoms with Crippen LogP contribution in [0, 0.1) is 6.92 Å². The lowest BCUT2D eigenvalue weighted by Gasteiger charge is -2.09. The Balaban J connectivity index is 1.50. The Bertz CT molecular complexity index is 1320. The molecule has 1 amide bonds. The maximum atomic E-state index is 12.6. The van der Waals surface area contributed by atoms with Crippen LogP contribution in [0.15, 0.2) is 67.4 Å². The number of amides is 1. The van der Waals surface area contributed by atoms with Gasteiger partial charge in [-0.2, -0.15) is 5.10 Å². The Morgan fingerprint density at radius 2 is 1.94 bits per heavy atom. The summed E-state index contributed by atoms with van der Waals surface area (Å²) < 4.78 is 1.70. The Morgan fingerprint density at radius 3 is 2.66 bits per heavy atom. The van der Waals surface area contributed by atoms with E-state index in [0.717, 1.165) is 22.1 Å². The number of hydrogen-bond donors (Lipinski definition) is 2. The van der Waals surface area contributed by atoms with Crippen molar-refractivity contribution in [1.29, 1.82) is 0 Å². The Hall–Kier alpha value is -4.26. The molecule has 2 aromatic heterocycles. The number of aromatic nitrogens is 3. The number of carboxylic acid groups (broad SMARTS) is 1. The number of nitrogens with zero attached hydrogens (tertiary/aromatic N) is 3. The predicted molar refractivity (Wildman–Crippen MR) is 124 cm³/mol. The van der Waals surface area contributed by atoms with Gasteiger partial charge in [0.2, 0.25) is 0 Å². The topological polar surface area (TPSA) is 97.1 Å². The number of nitrogens with one attached hydrogen (secondary N) is 1. The van der Waals surface area contributed by atoms with E-state index in [1.165, 1.54) is 0 Å². The summed E-state index contributed by atoms with van der Waals surface area (Å²) in [7, 11) is 0. The lowest BCUT2D eigenvalue weighted by molar-refractivity contribution is -0.136. The third-order valence-electron chi connectivity index (χ3n) is 5.21. The highest BCUT2D eigenvalue weighted by molar-refractivity contribution is 6.04. The molecule has 2 aromatic carbocycles. The predicted octanol–water partition coefficient (Wildman–Crippen LogP) is 4.31. The van der Waals surface area contributed by atoms with Gasteiger partial charge in [0.1, 0.15) is 0 Å². The van der Waals surface area contributed by atoms with E-state index in [0.29, 0.717) is 29.1 Å². The number of pyridine rings is 1. The van der Waals surface area contributed by atoms with Crippen molar-refractivity contribution in [2.75, 3.05) is 5.32 Å². The lowest BCUT2D eigenvalue weighted by atomic mass is 10.0. The van der Waals surface area contributed by atoms with Gasteiger partial charge in [-0.1, -0.05) is 30.9 Å². The van der Waals surface area contributed by atoms with Crippen molar-refractivity contribution >= 4 is 34.7 Å². The fraction of sp³-hybridized carbons (Fsp3) is 0.120. The summed E-state index contributed by atoms with van der Waals surface area (Å²) in [5.74, 6) is -1.13. The van der Waals surface area contributed by atoms with Crippen molar-refractivity contribution in [3.05, 3.63) is 95.3 Å². The number of carboxylic acids is 1. The van der Waals surface area contributed by atoms with E-state index in [1.807, 2.05) is 49.4 Å². The molecule has 160 valence electrons. The quantitative estimate of drug-likeness (QED) is 0.459. The summed E-state index contributed by atoms with van der Waals surface area (Å²) in [6, 6.07) is 16.5. The molecule has 7 heteroatoms. The number of fused-ring (bicyclic) bond motifs is 1. The first-order valence-corrected chi connectivity index (χ1v) is 10.1. The molecule has 4 aromatic rings. The van der Waals surface area contributed by atoms with Crippen molar-refractivity contribution < 1.29 is 14.7 Å². The Kier molecular flexibility index (Phi) is 5.81. The molecule has 0 fully saturated rings. The van der Waals surface area contributed by atoms with Crippen LogP contribution in [0.25, 0.3) is 17.1 Å². The number of benzene rings is 2. The maximum Gasteiger partial charge on any atom is 0.309 e. The molecule has 4 rings (SSSR count). The molecule has 0 aliphatic heterocycles. The number of anilines is 1. The van der Waals surface area contributed by atoms with Crippen molar-refractivity contribution in [3.63, 3.8) is 0 Å². The van der Waals surface area contributed by atoms with E-state index in [1.54, 1.807) is 29.1 Å². The zero-order valence-corrected chi connectivity index (χ0v) is 17.6. The molecule has 32 heavy (non-hydrogen) atoms. The van der Waals surface area contributed by atoms with Crippen molar-refractivity contribution in [2.45, 2.75) is 19.9 Å². The first-order valence-electron chi connectivity index (χ1n) is 10.1. The third kappa shape index (κ3) is 4.41. The normalized spacial score (nSPS) is 10.8. The van der Waals surface area contributed by atoms with E-state index in [4.69, 9.17) is 5.11 Å². The summed E-state index contributed by atoms with van der Waals surface area (Å²) in [6.45, 7) is 6.19. The van der Waals surface area contributed by atoms with Crippen LogP contribution in [0.2, 0.25) is 0 Å². The highest BCUT2D eigenvalue weighted by Gasteiger charge is 2.14. The summed E-state index contributed by atoms with van der Waals surface area (Å²) >= 11 is 0. The average molecular weight is 426 g/mol. The van der Waals surface area contributed by atoms with Gasteiger partial charge in [-0.15, -0.1) is 0 Å². The summed E-state index contributed by atoms with van der Waals surface area (Å²) in [5.41, 5.74) is 5.30. The minimum atomic E-state index is -0.936. The minimum Gasteiger partial charge on any atom is -0.481 e. The monoisotopic (exact) mass is 426 g/mol. The first kappa shape index (κ1) is 21.0. The van der Waals surface area contributed by atoms with E-state index >= 15 is 0 Å². The number of hydrogen-bond acceptors (Lipinski definition) is 4. The molecule has 0 aliphatic carbocycles. The summed E-state index contributed by atoms with van der Waals surface area (Å²) in [6.07, 6.45) is 3.23. The average Bonchev–Trinajstić information content (AvgIpc) is 3.12. The van der Waals surface area contributed by atoms with Gasteiger partial charge in [0.15, 0.2) is 5.65 Å². The van der Waals surface area contributed by atoms with Gasteiger partial charge in [-0.05, 0) is 60.0 Å². The zero-order valence-electron chi connectivity index (χ0n) is 17.6. The van der Waals surface area contributed by atoms with Gasteiger partial charge in [-0.25, -0.2) is 9.67 Å². The molecular weight excluding hydrogens is 404 g/mol. The van der Waals surface area contributed by atoms with Gasteiger partial charge in [0.25, 0.3) is 5.91 Å². The molecule has 0 atom stereocenters. The second-order valence-corrected chi connectivity index (χ2v) is 7.48. The van der Waals surface area contributed by atoms with Crippen LogP contribution in [-0.2, 0) is 17.8 Å². The molecule has 0 radical (unpaired) electrons. The summed E-state index contributed by atoms with van der Waals surface area (Å²) in [4.78, 5) is 28.1. The smallest absolute Gasteiger partial charge is 0.309 e. The zero-order chi connectivity index (χ0) is 22.7. The Labute approximate surface area is 185 Å². The molecule has 2 N–H and O–H groups in total. The van der Waals surface area contributed by atoms with E-state index in [-0.39, 0.29) is 12.3 Å².